The summed E-state index contributed by atoms with van der Waals surface area (Å²) in [6, 6.07) is 12.5. The highest BCUT2D eigenvalue weighted by Crippen LogP contribution is 2.42. The fourth-order valence-corrected chi connectivity index (χ4v) is 6.10. The number of aliphatic hydroxyl groups is 1. The Balaban J connectivity index is 1.18. The van der Waals surface area contributed by atoms with Crippen LogP contribution in [0.1, 0.15) is 39.5 Å². The van der Waals surface area contributed by atoms with Gasteiger partial charge in [-0.05, 0) is 93.8 Å². The standard InChI is InChI=1S/C30H36FN3O3/c1-29(2,36)18-32-13-10-30(19-32)11-14-33(20-30)27-8-5-23(16-26(27)31)34-12-9-22-15-24(37-17-21-3-4-21)6-7-25(22)28(34)35/h5-9,12,15-16,21,36H,3-4,10-11,13-14,17-20H2,1-2H3. The first kappa shape index (κ1) is 24.4. The lowest BCUT2D eigenvalue weighted by Crippen LogP contribution is -2.39. The van der Waals surface area contributed by atoms with Gasteiger partial charge in [-0.2, -0.15) is 0 Å². The van der Waals surface area contributed by atoms with E-state index in [0.29, 0.717) is 29.2 Å². The zero-order valence-electron chi connectivity index (χ0n) is 21.8. The first-order chi connectivity index (χ1) is 17.7. The fourth-order valence-electron chi connectivity index (χ4n) is 6.10. The molecule has 6 rings (SSSR count). The maximum Gasteiger partial charge on any atom is 0.262 e. The molecule has 1 saturated carbocycles. The molecule has 3 aliphatic rings. The number of aromatic nitrogens is 1. The molecule has 1 N–H and O–H groups in total. The van der Waals surface area contributed by atoms with E-state index in [0.717, 1.165) is 56.8 Å². The minimum atomic E-state index is -0.710. The molecule has 0 amide bonds. The lowest BCUT2D eigenvalue weighted by Gasteiger charge is -2.28. The van der Waals surface area contributed by atoms with Crippen molar-refractivity contribution in [3.8, 4) is 11.4 Å². The molecule has 1 unspecified atom stereocenters. The molecular formula is C30H36FN3O3. The van der Waals surface area contributed by atoms with E-state index in [9.17, 15) is 9.90 Å². The number of pyridine rings is 1. The van der Waals surface area contributed by atoms with Crippen molar-refractivity contribution in [2.75, 3.05) is 44.2 Å². The third-order valence-electron chi connectivity index (χ3n) is 8.17. The number of halogens is 1. The summed E-state index contributed by atoms with van der Waals surface area (Å²) >= 11 is 0. The largest absolute Gasteiger partial charge is 0.493 e. The number of rotatable bonds is 7. The topological polar surface area (TPSA) is 57.9 Å². The summed E-state index contributed by atoms with van der Waals surface area (Å²) in [6.07, 6.45) is 6.26. The maximum absolute atomic E-state index is 15.4. The van der Waals surface area contributed by atoms with Gasteiger partial charge in [-0.1, -0.05) is 0 Å². The third kappa shape index (κ3) is 5.12. The minimum Gasteiger partial charge on any atom is -0.493 e. The molecule has 0 radical (unpaired) electrons. The highest BCUT2D eigenvalue weighted by atomic mass is 19.1. The second-order valence-electron chi connectivity index (χ2n) is 12.1. The Kier molecular flexibility index (Phi) is 6.03. The number of ether oxygens (including phenoxy) is 1. The number of benzene rings is 2. The quantitative estimate of drug-likeness (QED) is 0.509. The molecule has 1 spiro atoms. The van der Waals surface area contributed by atoms with E-state index in [2.05, 4.69) is 9.80 Å². The van der Waals surface area contributed by atoms with Gasteiger partial charge in [0.05, 0.1) is 23.6 Å². The average Bonchev–Trinajstić information content (AvgIpc) is 3.48. The summed E-state index contributed by atoms with van der Waals surface area (Å²) in [6.45, 7) is 8.61. The molecule has 1 aliphatic carbocycles. The van der Waals surface area contributed by atoms with Crippen molar-refractivity contribution in [1.29, 1.82) is 0 Å². The Bertz CT molecular complexity index is 1380. The molecule has 3 fully saturated rings. The van der Waals surface area contributed by atoms with Crippen molar-refractivity contribution < 1.29 is 14.2 Å². The van der Waals surface area contributed by atoms with Gasteiger partial charge in [-0.25, -0.2) is 4.39 Å². The second-order valence-corrected chi connectivity index (χ2v) is 12.1. The summed E-state index contributed by atoms with van der Waals surface area (Å²) in [4.78, 5) is 17.7. The molecule has 1 aromatic heterocycles. The van der Waals surface area contributed by atoms with Gasteiger partial charge in [0.25, 0.3) is 5.56 Å². The van der Waals surface area contributed by atoms with Crippen LogP contribution in [0.2, 0.25) is 0 Å². The number of likely N-dealkylation sites (tertiary alicyclic amines) is 1. The number of hydrogen-bond donors (Lipinski definition) is 1. The molecule has 3 heterocycles. The van der Waals surface area contributed by atoms with Crippen molar-refractivity contribution in [2.45, 2.75) is 45.1 Å². The Morgan fingerprint density at radius 1 is 1.08 bits per heavy atom. The predicted octanol–water partition coefficient (Wildman–Crippen LogP) is 4.59. The van der Waals surface area contributed by atoms with Gasteiger partial charge in [0, 0.05) is 49.2 Å². The summed E-state index contributed by atoms with van der Waals surface area (Å²) in [5, 5.41) is 11.6. The number of β-amino-alcohol motifs (C(OH)–C–C–N with tert-alkyl or cyclic N) is 1. The Morgan fingerprint density at radius 3 is 2.65 bits per heavy atom. The van der Waals surface area contributed by atoms with Crippen LogP contribution in [0.4, 0.5) is 10.1 Å². The van der Waals surface area contributed by atoms with Crippen LogP contribution in [-0.2, 0) is 0 Å². The van der Waals surface area contributed by atoms with Crippen molar-refractivity contribution in [3.63, 3.8) is 0 Å². The van der Waals surface area contributed by atoms with E-state index in [4.69, 9.17) is 4.74 Å². The zero-order valence-corrected chi connectivity index (χ0v) is 21.8. The highest BCUT2D eigenvalue weighted by Gasteiger charge is 2.44. The van der Waals surface area contributed by atoms with Crippen LogP contribution >= 0.6 is 0 Å². The molecule has 7 heteroatoms. The van der Waals surface area contributed by atoms with E-state index in [1.807, 2.05) is 38.1 Å². The molecule has 0 bridgehead atoms. The highest BCUT2D eigenvalue weighted by molar-refractivity contribution is 5.83. The molecule has 196 valence electrons. The van der Waals surface area contributed by atoms with Crippen LogP contribution in [0.3, 0.4) is 0 Å². The first-order valence-electron chi connectivity index (χ1n) is 13.5. The molecule has 3 aromatic rings. The van der Waals surface area contributed by atoms with Crippen LogP contribution in [-0.4, -0.2) is 59.5 Å². The van der Waals surface area contributed by atoms with Gasteiger partial charge >= 0.3 is 0 Å². The molecule has 2 saturated heterocycles. The molecule has 2 aromatic carbocycles. The number of nitrogens with zero attached hydrogens (tertiary/aromatic N) is 3. The summed E-state index contributed by atoms with van der Waals surface area (Å²) in [5.41, 5.74) is 0.378. The lowest BCUT2D eigenvalue weighted by atomic mass is 9.86. The summed E-state index contributed by atoms with van der Waals surface area (Å²) < 4.78 is 22.8. The van der Waals surface area contributed by atoms with Crippen LogP contribution in [0, 0.1) is 17.2 Å². The van der Waals surface area contributed by atoms with Gasteiger partial charge in [0.1, 0.15) is 11.6 Å². The van der Waals surface area contributed by atoms with Gasteiger partial charge in [0.2, 0.25) is 0 Å². The molecule has 6 nitrogen and oxygen atoms in total. The molecule has 37 heavy (non-hydrogen) atoms. The fraction of sp³-hybridized carbons (Fsp3) is 0.500. The smallest absolute Gasteiger partial charge is 0.262 e. The SMILES string of the molecule is CC(C)(O)CN1CCC2(CCN(c3ccc(-n4ccc5cc(OCC6CC6)ccc5c4=O)cc3F)C2)C1. The summed E-state index contributed by atoms with van der Waals surface area (Å²) in [5.74, 6) is 1.14. The second kappa shape index (κ2) is 9.14. The Hall–Kier alpha value is -2.90. The zero-order chi connectivity index (χ0) is 25.8. The predicted molar refractivity (Wildman–Crippen MR) is 144 cm³/mol. The Morgan fingerprint density at radius 2 is 1.89 bits per heavy atom. The van der Waals surface area contributed by atoms with Crippen molar-refractivity contribution >= 4 is 16.5 Å². The van der Waals surface area contributed by atoms with Gasteiger partial charge in [0.15, 0.2) is 0 Å². The van der Waals surface area contributed by atoms with Gasteiger partial charge < -0.3 is 14.7 Å². The van der Waals surface area contributed by atoms with Crippen molar-refractivity contribution in [2.24, 2.45) is 11.3 Å². The monoisotopic (exact) mass is 505 g/mol. The number of hydrogen-bond acceptors (Lipinski definition) is 5. The number of anilines is 1. The van der Waals surface area contributed by atoms with Gasteiger partial charge in [-0.3, -0.25) is 14.3 Å². The maximum atomic E-state index is 15.4. The van der Waals surface area contributed by atoms with Crippen LogP contribution in [0.5, 0.6) is 5.75 Å². The average molecular weight is 506 g/mol. The van der Waals surface area contributed by atoms with E-state index in [1.165, 1.54) is 23.5 Å². The summed E-state index contributed by atoms with van der Waals surface area (Å²) in [7, 11) is 0. The first-order valence-corrected chi connectivity index (χ1v) is 13.5. The molecule has 1 atom stereocenters. The minimum absolute atomic E-state index is 0.146. The van der Waals surface area contributed by atoms with Crippen molar-refractivity contribution in [1.82, 2.24) is 9.47 Å². The number of fused-ring (bicyclic) bond motifs is 1. The third-order valence-corrected chi connectivity index (χ3v) is 8.17. The van der Waals surface area contributed by atoms with Crippen LogP contribution in [0.25, 0.3) is 16.5 Å². The van der Waals surface area contributed by atoms with Crippen LogP contribution in [0.15, 0.2) is 53.5 Å². The van der Waals surface area contributed by atoms with E-state index < -0.39 is 5.60 Å². The Labute approximate surface area is 217 Å². The molecule has 2 aliphatic heterocycles. The van der Waals surface area contributed by atoms with Gasteiger partial charge in [-0.15, -0.1) is 0 Å². The normalized spacial score (nSPS) is 22.4. The lowest BCUT2D eigenvalue weighted by molar-refractivity contribution is 0.0408. The van der Waals surface area contributed by atoms with E-state index in [-0.39, 0.29) is 16.8 Å². The van der Waals surface area contributed by atoms with Crippen molar-refractivity contribution in [3.05, 3.63) is 64.8 Å². The van der Waals surface area contributed by atoms with Crippen LogP contribution < -0.4 is 15.2 Å². The molecular weight excluding hydrogens is 469 g/mol. The van der Waals surface area contributed by atoms with E-state index >= 15 is 4.39 Å². The van der Waals surface area contributed by atoms with E-state index in [1.54, 1.807) is 18.3 Å².